The Morgan fingerprint density at radius 3 is 2.57 bits per heavy atom. The molecule has 0 aliphatic carbocycles. The van der Waals surface area contributed by atoms with Crippen molar-refractivity contribution in [2.75, 3.05) is 13.7 Å². The second-order valence-electron chi connectivity index (χ2n) is 5.86. The molecule has 1 aliphatic heterocycles. The van der Waals surface area contributed by atoms with Gasteiger partial charge in [-0.1, -0.05) is 48.5 Å². The molecule has 2 aromatic rings. The monoisotopic (exact) mass is 310 g/mol. The van der Waals surface area contributed by atoms with E-state index < -0.39 is 0 Å². The molecule has 1 amide bonds. The summed E-state index contributed by atoms with van der Waals surface area (Å²) in [5.74, 6) is 0.712. The molecule has 4 heteroatoms. The van der Waals surface area contributed by atoms with Gasteiger partial charge in [-0.3, -0.25) is 4.79 Å². The molecule has 2 N–H and O–H groups in total. The summed E-state index contributed by atoms with van der Waals surface area (Å²) >= 11 is 0. The number of hydrogen-bond donors (Lipinski definition) is 2. The third-order valence-corrected chi connectivity index (χ3v) is 4.41. The fourth-order valence-electron chi connectivity index (χ4n) is 3.04. The van der Waals surface area contributed by atoms with Crippen LogP contribution in [0.4, 0.5) is 0 Å². The van der Waals surface area contributed by atoms with Crippen LogP contribution in [0.25, 0.3) is 0 Å². The Kier molecular flexibility index (Phi) is 4.63. The maximum absolute atomic E-state index is 12.6. The molecule has 3 atom stereocenters. The van der Waals surface area contributed by atoms with E-state index in [1.165, 1.54) is 0 Å². The van der Waals surface area contributed by atoms with E-state index in [4.69, 9.17) is 4.74 Å². The second kappa shape index (κ2) is 6.84. The quantitative estimate of drug-likeness (QED) is 0.913. The Morgan fingerprint density at radius 2 is 1.83 bits per heavy atom. The van der Waals surface area contributed by atoms with E-state index in [0.29, 0.717) is 6.61 Å². The van der Waals surface area contributed by atoms with E-state index in [9.17, 15) is 4.79 Å². The van der Waals surface area contributed by atoms with Crippen LogP contribution in [0, 0.1) is 0 Å². The summed E-state index contributed by atoms with van der Waals surface area (Å²) in [5.41, 5.74) is 2.10. The van der Waals surface area contributed by atoms with Crippen LogP contribution < -0.4 is 15.4 Å². The zero-order chi connectivity index (χ0) is 16.2. The molecule has 3 rings (SSSR count). The fraction of sp³-hybridized carbons (Fsp3) is 0.316. The van der Waals surface area contributed by atoms with E-state index in [1.54, 1.807) is 0 Å². The molecular weight excluding hydrogens is 288 g/mol. The molecule has 0 spiro atoms. The molecule has 0 saturated heterocycles. The Labute approximate surface area is 136 Å². The minimum Gasteiger partial charge on any atom is -0.491 e. The molecule has 2 aromatic carbocycles. The van der Waals surface area contributed by atoms with Crippen molar-refractivity contribution in [2.24, 2.45) is 0 Å². The van der Waals surface area contributed by atoms with Gasteiger partial charge in [0.1, 0.15) is 12.4 Å². The van der Waals surface area contributed by atoms with E-state index in [2.05, 4.69) is 10.6 Å². The smallest absolute Gasteiger partial charge is 0.227 e. The van der Waals surface area contributed by atoms with Crippen LogP contribution in [0.3, 0.4) is 0 Å². The number of benzene rings is 2. The zero-order valence-corrected chi connectivity index (χ0v) is 13.5. The van der Waals surface area contributed by atoms with Crippen LogP contribution >= 0.6 is 0 Å². The normalized spacial score (nSPS) is 21.0. The number of carbonyl (C=O) groups is 1. The highest BCUT2D eigenvalue weighted by Crippen LogP contribution is 2.31. The summed E-state index contributed by atoms with van der Waals surface area (Å²) in [4.78, 5) is 12.6. The predicted molar refractivity (Wildman–Crippen MR) is 90.5 cm³/mol. The number of para-hydroxylation sites is 1. The molecule has 0 radical (unpaired) electrons. The van der Waals surface area contributed by atoms with E-state index in [1.807, 2.05) is 68.6 Å². The number of fused-ring (bicyclic) bond motifs is 1. The van der Waals surface area contributed by atoms with Gasteiger partial charge in [0.15, 0.2) is 0 Å². The van der Waals surface area contributed by atoms with Gasteiger partial charge < -0.3 is 15.4 Å². The van der Waals surface area contributed by atoms with Crippen molar-refractivity contribution in [1.29, 1.82) is 0 Å². The molecular formula is C19H22N2O2. The summed E-state index contributed by atoms with van der Waals surface area (Å²) in [7, 11) is 1.91. The largest absolute Gasteiger partial charge is 0.491 e. The Bertz CT molecular complexity index is 672. The molecule has 120 valence electrons. The van der Waals surface area contributed by atoms with Gasteiger partial charge in [0.2, 0.25) is 5.91 Å². The van der Waals surface area contributed by atoms with Gasteiger partial charge in [-0.05, 0) is 25.6 Å². The SMILES string of the molecule is CN[C@@H]1c2ccccc2OC[C@H]1NC(=O)[C@@H](C)c1ccccc1. The van der Waals surface area contributed by atoms with Crippen molar-refractivity contribution in [3.63, 3.8) is 0 Å². The number of carbonyl (C=O) groups excluding carboxylic acids is 1. The average molecular weight is 310 g/mol. The molecule has 0 unspecified atom stereocenters. The van der Waals surface area contributed by atoms with Crippen molar-refractivity contribution >= 4 is 5.91 Å². The molecule has 23 heavy (non-hydrogen) atoms. The van der Waals surface area contributed by atoms with Gasteiger partial charge in [-0.25, -0.2) is 0 Å². The van der Waals surface area contributed by atoms with E-state index in [0.717, 1.165) is 16.9 Å². The number of ether oxygens (including phenoxy) is 1. The number of rotatable bonds is 4. The van der Waals surface area contributed by atoms with Gasteiger partial charge in [-0.15, -0.1) is 0 Å². The van der Waals surface area contributed by atoms with Crippen LogP contribution in [0.15, 0.2) is 54.6 Å². The van der Waals surface area contributed by atoms with Gasteiger partial charge >= 0.3 is 0 Å². The first-order valence-corrected chi connectivity index (χ1v) is 7.95. The van der Waals surface area contributed by atoms with Crippen molar-refractivity contribution < 1.29 is 9.53 Å². The third kappa shape index (κ3) is 3.22. The zero-order valence-electron chi connectivity index (χ0n) is 13.5. The maximum Gasteiger partial charge on any atom is 0.227 e. The van der Waals surface area contributed by atoms with Gasteiger partial charge in [-0.2, -0.15) is 0 Å². The van der Waals surface area contributed by atoms with Crippen molar-refractivity contribution in [3.8, 4) is 5.75 Å². The number of likely N-dealkylation sites (N-methyl/N-ethyl adjacent to an activating group) is 1. The van der Waals surface area contributed by atoms with Gasteiger partial charge in [0.05, 0.1) is 18.0 Å². The summed E-state index contributed by atoms with van der Waals surface area (Å²) in [5, 5.41) is 6.43. The highest BCUT2D eigenvalue weighted by molar-refractivity contribution is 5.83. The van der Waals surface area contributed by atoms with Gasteiger partial charge in [0.25, 0.3) is 0 Å². The molecule has 0 saturated carbocycles. The number of nitrogens with one attached hydrogen (secondary N) is 2. The number of amides is 1. The fourth-order valence-corrected chi connectivity index (χ4v) is 3.04. The van der Waals surface area contributed by atoms with Crippen LogP contribution in [0.2, 0.25) is 0 Å². The molecule has 0 bridgehead atoms. The Morgan fingerprint density at radius 1 is 1.13 bits per heavy atom. The van der Waals surface area contributed by atoms with E-state index in [-0.39, 0.29) is 23.9 Å². The van der Waals surface area contributed by atoms with E-state index >= 15 is 0 Å². The summed E-state index contributed by atoms with van der Waals surface area (Å²) in [6.45, 7) is 2.40. The minimum absolute atomic E-state index is 0.0180. The lowest BCUT2D eigenvalue weighted by molar-refractivity contribution is -0.123. The van der Waals surface area contributed by atoms with Crippen LogP contribution in [0.1, 0.15) is 30.0 Å². The first-order chi connectivity index (χ1) is 11.2. The highest BCUT2D eigenvalue weighted by atomic mass is 16.5. The topological polar surface area (TPSA) is 50.4 Å². The molecule has 0 fully saturated rings. The Balaban J connectivity index is 1.74. The Hall–Kier alpha value is -2.33. The molecule has 4 nitrogen and oxygen atoms in total. The second-order valence-corrected chi connectivity index (χ2v) is 5.86. The van der Waals surface area contributed by atoms with Crippen LogP contribution in [-0.4, -0.2) is 25.6 Å². The first-order valence-electron chi connectivity index (χ1n) is 7.95. The van der Waals surface area contributed by atoms with Crippen molar-refractivity contribution in [1.82, 2.24) is 10.6 Å². The van der Waals surface area contributed by atoms with Crippen LogP contribution in [0.5, 0.6) is 5.75 Å². The summed E-state index contributed by atoms with van der Waals surface area (Å²) in [6.07, 6.45) is 0. The summed E-state index contributed by atoms with van der Waals surface area (Å²) in [6, 6.07) is 17.7. The van der Waals surface area contributed by atoms with Crippen LogP contribution in [-0.2, 0) is 4.79 Å². The third-order valence-electron chi connectivity index (χ3n) is 4.41. The standard InChI is InChI=1S/C19H22N2O2/c1-13(14-8-4-3-5-9-14)19(22)21-16-12-23-17-11-7-6-10-15(17)18(16)20-2/h3-11,13,16,18,20H,12H2,1-2H3,(H,21,22)/t13-,16+,18+/m0/s1. The maximum atomic E-state index is 12.6. The average Bonchev–Trinajstić information content (AvgIpc) is 2.61. The number of hydrogen-bond acceptors (Lipinski definition) is 3. The highest BCUT2D eigenvalue weighted by Gasteiger charge is 2.31. The first kappa shape index (κ1) is 15.6. The lowest BCUT2D eigenvalue weighted by Gasteiger charge is -2.34. The molecule has 1 heterocycles. The lowest BCUT2D eigenvalue weighted by Crippen LogP contribution is -2.50. The molecule has 0 aromatic heterocycles. The predicted octanol–water partition coefficient (Wildman–Crippen LogP) is 2.63. The van der Waals surface area contributed by atoms with Crippen molar-refractivity contribution in [3.05, 3.63) is 65.7 Å². The van der Waals surface area contributed by atoms with Crippen molar-refractivity contribution in [2.45, 2.75) is 24.9 Å². The van der Waals surface area contributed by atoms with Gasteiger partial charge in [0, 0.05) is 5.56 Å². The molecule has 1 aliphatic rings. The minimum atomic E-state index is -0.189. The lowest BCUT2D eigenvalue weighted by atomic mass is 9.94. The summed E-state index contributed by atoms with van der Waals surface area (Å²) < 4.78 is 5.80.